The van der Waals surface area contributed by atoms with Crippen molar-refractivity contribution >= 4 is 23.7 Å². The first-order valence-electron chi connectivity index (χ1n) is 12.3. The van der Waals surface area contributed by atoms with Gasteiger partial charge in [-0.25, -0.2) is 0 Å². The van der Waals surface area contributed by atoms with Crippen LogP contribution in [0.5, 0.6) is 0 Å². The second-order valence-electron chi connectivity index (χ2n) is 11.1. The van der Waals surface area contributed by atoms with Crippen LogP contribution in [0.25, 0.3) is 0 Å². The molecule has 0 aromatic carbocycles. The predicted molar refractivity (Wildman–Crippen MR) is 122 cm³/mol. The van der Waals surface area contributed by atoms with E-state index >= 15 is 0 Å². The summed E-state index contributed by atoms with van der Waals surface area (Å²) in [7, 11) is 0. The van der Waals surface area contributed by atoms with E-state index in [-0.39, 0.29) is 31.1 Å². The molecule has 0 bridgehead atoms. The van der Waals surface area contributed by atoms with Gasteiger partial charge >= 0.3 is 17.9 Å². The molecule has 4 rings (SSSR count). The molecule has 1 saturated heterocycles. The van der Waals surface area contributed by atoms with Crippen molar-refractivity contribution in [3.8, 4) is 0 Å². The van der Waals surface area contributed by atoms with Crippen LogP contribution >= 0.6 is 0 Å². The van der Waals surface area contributed by atoms with E-state index in [1.807, 2.05) is 20.8 Å². The van der Waals surface area contributed by atoms with Crippen LogP contribution in [0.15, 0.2) is 11.1 Å². The predicted octanol–water partition coefficient (Wildman–Crippen LogP) is 2.27. The lowest BCUT2D eigenvalue weighted by molar-refractivity contribution is -0.335. The van der Waals surface area contributed by atoms with Crippen molar-refractivity contribution in [3.05, 3.63) is 11.1 Å². The number of Topliss-reactive ketones (excluding diaryl/α,β-unsaturated/α-hetero) is 1. The Kier molecular flexibility index (Phi) is 6.20. The highest BCUT2D eigenvalue weighted by Gasteiger charge is 2.76. The highest BCUT2D eigenvalue weighted by Crippen LogP contribution is 2.65. The summed E-state index contributed by atoms with van der Waals surface area (Å²) in [6.07, 6.45) is -2.69. The molecule has 4 aliphatic rings. The van der Waals surface area contributed by atoms with E-state index in [1.54, 1.807) is 6.92 Å². The lowest BCUT2D eigenvalue weighted by atomic mass is 9.50. The summed E-state index contributed by atoms with van der Waals surface area (Å²) in [5, 5.41) is 12.4. The summed E-state index contributed by atoms with van der Waals surface area (Å²) in [6.45, 7) is 11.4. The Hall–Kier alpha value is -2.26. The molecule has 194 valence electrons. The van der Waals surface area contributed by atoms with Gasteiger partial charge in [-0.1, -0.05) is 19.4 Å². The second-order valence-corrected chi connectivity index (χ2v) is 11.1. The number of aliphatic hydroxyl groups is 1. The summed E-state index contributed by atoms with van der Waals surface area (Å²) < 4.78 is 23.0. The summed E-state index contributed by atoms with van der Waals surface area (Å²) in [5.41, 5.74) is -1.96. The zero-order chi connectivity index (χ0) is 26.1. The molecule has 3 fully saturated rings. The molecule has 0 aromatic heterocycles. The minimum atomic E-state index is -1.32. The van der Waals surface area contributed by atoms with Gasteiger partial charge in [0.25, 0.3) is 0 Å². The number of esters is 3. The van der Waals surface area contributed by atoms with Crippen molar-refractivity contribution in [3.63, 3.8) is 0 Å². The smallest absolute Gasteiger partial charge is 0.303 e. The molecule has 3 aliphatic carbocycles. The summed E-state index contributed by atoms with van der Waals surface area (Å²) in [5.74, 6) is -2.75. The van der Waals surface area contributed by atoms with E-state index in [0.717, 1.165) is 11.1 Å². The summed E-state index contributed by atoms with van der Waals surface area (Å²) in [4.78, 5) is 50.3. The molecule has 1 heterocycles. The number of ketones is 1. The standard InChI is InChI=1S/C26H36O9/c1-12(2)25-10-18(33-14(4)27)13(3)17(25)8-19(30)24(7)20(34-15(5)28)9-21-26(11-32-21,35-16(6)29)22(24)23(25)31/h12,18,20-23,31H,8-11H2,1-7H3/t18-,20-,21+,22?,23?,24+,25-,26-/m0/s1. The van der Waals surface area contributed by atoms with E-state index in [1.165, 1.54) is 20.8 Å². The molecule has 9 nitrogen and oxygen atoms in total. The number of carbonyl (C=O) groups is 4. The van der Waals surface area contributed by atoms with Crippen molar-refractivity contribution in [1.29, 1.82) is 0 Å². The van der Waals surface area contributed by atoms with Gasteiger partial charge in [0, 0.05) is 51.4 Å². The maximum Gasteiger partial charge on any atom is 0.303 e. The first-order valence-corrected chi connectivity index (χ1v) is 12.3. The van der Waals surface area contributed by atoms with Crippen molar-refractivity contribution in [2.75, 3.05) is 6.61 Å². The molecule has 0 aromatic rings. The zero-order valence-corrected chi connectivity index (χ0v) is 21.5. The first kappa shape index (κ1) is 25.8. The van der Waals surface area contributed by atoms with Crippen molar-refractivity contribution in [1.82, 2.24) is 0 Å². The number of hydrogen-bond acceptors (Lipinski definition) is 9. The zero-order valence-electron chi connectivity index (χ0n) is 21.5. The van der Waals surface area contributed by atoms with Gasteiger partial charge in [0.05, 0.1) is 18.1 Å². The van der Waals surface area contributed by atoms with Crippen LogP contribution in [-0.2, 0) is 38.1 Å². The van der Waals surface area contributed by atoms with E-state index in [9.17, 15) is 24.3 Å². The van der Waals surface area contributed by atoms with Crippen LogP contribution in [0.4, 0.5) is 0 Å². The Balaban J connectivity index is 1.95. The SMILES string of the molecule is CC(=O)O[C@H]1C[C@]2(C(C)C)C(=C1C)CC(=O)[C@@]1(C)C(C2O)[C@]2(OC(C)=O)CO[C@@H]2C[C@@H]1OC(C)=O. The summed E-state index contributed by atoms with van der Waals surface area (Å²) >= 11 is 0. The fraction of sp³-hybridized carbons (Fsp3) is 0.769. The van der Waals surface area contributed by atoms with Crippen LogP contribution in [0.1, 0.15) is 67.7 Å². The van der Waals surface area contributed by atoms with Crippen LogP contribution in [0.3, 0.4) is 0 Å². The molecule has 0 amide bonds. The Morgan fingerprint density at radius 3 is 2.20 bits per heavy atom. The van der Waals surface area contributed by atoms with Gasteiger partial charge in [-0.2, -0.15) is 0 Å². The average molecular weight is 493 g/mol. The van der Waals surface area contributed by atoms with Gasteiger partial charge in [0.1, 0.15) is 24.1 Å². The van der Waals surface area contributed by atoms with Crippen LogP contribution in [-0.4, -0.2) is 65.4 Å². The Labute approximate surface area is 205 Å². The molecule has 2 unspecified atom stereocenters. The van der Waals surface area contributed by atoms with Gasteiger partial charge in [0.2, 0.25) is 0 Å². The first-order chi connectivity index (χ1) is 16.2. The van der Waals surface area contributed by atoms with Gasteiger partial charge in [-0.05, 0) is 25.3 Å². The Morgan fingerprint density at radius 2 is 1.71 bits per heavy atom. The fourth-order valence-electron chi connectivity index (χ4n) is 7.47. The Bertz CT molecular complexity index is 999. The average Bonchev–Trinajstić information content (AvgIpc) is 2.96. The minimum absolute atomic E-state index is 0.0191. The lowest BCUT2D eigenvalue weighted by Crippen LogP contribution is -2.77. The maximum atomic E-state index is 14.2. The largest absolute Gasteiger partial charge is 0.461 e. The lowest BCUT2D eigenvalue weighted by Gasteiger charge is -2.63. The van der Waals surface area contributed by atoms with Crippen LogP contribution in [0.2, 0.25) is 0 Å². The number of carbonyl (C=O) groups excluding carboxylic acids is 4. The molecular weight excluding hydrogens is 456 g/mol. The van der Waals surface area contributed by atoms with Gasteiger partial charge in [-0.15, -0.1) is 0 Å². The van der Waals surface area contributed by atoms with Crippen LogP contribution in [0, 0.1) is 22.7 Å². The Morgan fingerprint density at radius 1 is 1.09 bits per heavy atom. The van der Waals surface area contributed by atoms with E-state index in [2.05, 4.69) is 0 Å². The van der Waals surface area contributed by atoms with E-state index in [0.29, 0.717) is 6.42 Å². The number of fused-ring (bicyclic) bond motifs is 4. The minimum Gasteiger partial charge on any atom is -0.461 e. The third-order valence-electron chi connectivity index (χ3n) is 9.13. The number of aliphatic hydroxyl groups excluding tert-OH is 1. The van der Waals surface area contributed by atoms with Gasteiger partial charge in [-0.3, -0.25) is 19.2 Å². The van der Waals surface area contributed by atoms with Crippen molar-refractivity contribution in [2.24, 2.45) is 22.7 Å². The molecule has 0 spiro atoms. The molecule has 2 saturated carbocycles. The molecule has 35 heavy (non-hydrogen) atoms. The van der Waals surface area contributed by atoms with Crippen LogP contribution < -0.4 is 0 Å². The maximum absolute atomic E-state index is 14.2. The normalized spacial score (nSPS) is 42.3. The highest BCUT2D eigenvalue weighted by atomic mass is 16.6. The third-order valence-corrected chi connectivity index (χ3v) is 9.13. The summed E-state index contributed by atoms with van der Waals surface area (Å²) in [6, 6.07) is 0. The van der Waals surface area contributed by atoms with E-state index < -0.39 is 64.7 Å². The van der Waals surface area contributed by atoms with Gasteiger partial charge in [0.15, 0.2) is 5.60 Å². The van der Waals surface area contributed by atoms with E-state index in [4.69, 9.17) is 18.9 Å². The third kappa shape index (κ3) is 3.49. The molecular formula is C26H36O9. The molecule has 1 N–H and O–H groups in total. The monoisotopic (exact) mass is 492 g/mol. The molecule has 1 aliphatic heterocycles. The van der Waals surface area contributed by atoms with Crippen molar-refractivity contribution < 1.29 is 43.2 Å². The molecule has 9 heteroatoms. The topological polar surface area (TPSA) is 125 Å². The molecule has 0 radical (unpaired) electrons. The number of rotatable bonds is 4. The van der Waals surface area contributed by atoms with Gasteiger partial charge < -0.3 is 24.1 Å². The quantitative estimate of drug-likeness (QED) is 0.357. The second kappa shape index (κ2) is 8.40. The molecule has 8 atom stereocenters. The number of ether oxygens (including phenoxy) is 4. The number of hydrogen-bond donors (Lipinski definition) is 1. The van der Waals surface area contributed by atoms with Crippen molar-refractivity contribution in [2.45, 2.75) is 97.7 Å². The fourth-order valence-corrected chi connectivity index (χ4v) is 7.47. The highest BCUT2D eigenvalue weighted by molar-refractivity contribution is 5.90.